The fourth-order valence-corrected chi connectivity index (χ4v) is 2.21. The van der Waals surface area contributed by atoms with E-state index in [2.05, 4.69) is 15.2 Å². The molecule has 0 spiro atoms. The Balaban J connectivity index is 2.86. The lowest BCUT2D eigenvalue weighted by molar-refractivity contribution is -0.140. The van der Waals surface area contributed by atoms with E-state index in [1.54, 1.807) is 0 Å². The number of azo groups is 1. The van der Waals surface area contributed by atoms with Crippen LogP contribution in [0, 0.1) is 0 Å². The first-order chi connectivity index (χ1) is 8.99. The summed E-state index contributed by atoms with van der Waals surface area (Å²) in [5, 5.41) is 25.1. The zero-order chi connectivity index (χ0) is 14.4. The van der Waals surface area contributed by atoms with Crippen molar-refractivity contribution in [2.24, 2.45) is 10.2 Å². The van der Waals surface area contributed by atoms with Crippen LogP contribution in [0.5, 0.6) is 11.8 Å². The third-order valence-electron chi connectivity index (χ3n) is 1.98. The van der Waals surface area contributed by atoms with Crippen molar-refractivity contribution < 1.29 is 19.8 Å². The molecular weight excluding hydrogens is 272 g/mol. The van der Waals surface area contributed by atoms with Gasteiger partial charge >= 0.3 is 11.8 Å². The second-order valence-corrected chi connectivity index (χ2v) is 4.53. The molecule has 1 aromatic heterocycles. The Morgan fingerprint density at radius 1 is 1.47 bits per heavy atom. The highest BCUT2D eigenvalue weighted by Crippen LogP contribution is 2.33. The number of aromatic amines is 1. The van der Waals surface area contributed by atoms with Crippen molar-refractivity contribution in [1.29, 1.82) is 0 Å². The molecule has 1 aromatic rings. The van der Waals surface area contributed by atoms with Crippen LogP contribution in [-0.4, -0.2) is 44.9 Å². The van der Waals surface area contributed by atoms with Crippen LogP contribution >= 0.6 is 11.9 Å². The maximum atomic E-state index is 11.8. The van der Waals surface area contributed by atoms with Crippen LogP contribution in [0.4, 0.5) is 0 Å². The minimum atomic E-state index is -0.984. The van der Waals surface area contributed by atoms with Gasteiger partial charge in [-0.2, -0.15) is 5.11 Å². The van der Waals surface area contributed by atoms with Gasteiger partial charge in [0.25, 0.3) is 0 Å². The van der Waals surface area contributed by atoms with Crippen molar-refractivity contribution in [2.45, 2.75) is 18.2 Å². The Hall–Kier alpha value is -2.03. The zero-order valence-electron chi connectivity index (χ0n) is 10.5. The van der Waals surface area contributed by atoms with Gasteiger partial charge in [-0.25, -0.2) is 0 Å². The standard InChI is InChI=1S/C10H14N4O4S/c1-3-4-14(10(18)9(17)13-11-2)19-6-5-7(15)12-8(6)16/h5,12,15-16H,3-4H2,1-2H3. The van der Waals surface area contributed by atoms with E-state index < -0.39 is 11.8 Å². The van der Waals surface area contributed by atoms with Gasteiger partial charge in [-0.3, -0.25) is 18.9 Å². The Labute approximate surface area is 113 Å². The first-order valence-electron chi connectivity index (χ1n) is 5.44. The summed E-state index contributed by atoms with van der Waals surface area (Å²) in [4.78, 5) is 25.7. The molecule has 8 nitrogen and oxygen atoms in total. The van der Waals surface area contributed by atoms with E-state index in [4.69, 9.17) is 0 Å². The normalized spacial score (nSPS) is 10.8. The molecule has 2 amide bonds. The van der Waals surface area contributed by atoms with Crippen LogP contribution in [0.2, 0.25) is 0 Å². The van der Waals surface area contributed by atoms with Crippen LogP contribution in [0.1, 0.15) is 13.3 Å². The lowest BCUT2D eigenvalue weighted by Gasteiger charge is -2.17. The molecule has 0 unspecified atom stereocenters. The van der Waals surface area contributed by atoms with Crippen molar-refractivity contribution in [3.63, 3.8) is 0 Å². The molecule has 1 rings (SSSR count). The van der Waals surface area contributed by atoms with E-state index in [0.717, 1.165) is 16.3 Å². The van der Waals surface area contributed by atoms with E-state index >= 15 is 0 Å². The smallest absolute Gasteiger partial charge is 0.354 e. The van der Waals surface area contributed by atoms with Gasteiger partial charge in [-0.05, 0) is 18.4 Å². The van der Waals surface area contributed by atoms with Gasteiger partial charge in [-0.15, -0.1) is 5.11 Å². The predicted octanol–water partition coefficient (Wildman–Crippen LogP) is 1.28. The summed E-state index contributed by atoms with van der Waals surface area (Å²) in [6, 6.07) is 1.25. The van der Waals surface area contributed by atoms with Gasteiger partial charge in [0.05, 0.1) is 4.90 Å². The van der Waals surface area contributed by atoms with E-state index in [-0.39, 0.29) is 16.7 Å². The summed E-state index contributed by atoms with van der Waals surface area (Å²) in [5.74, 6) is -2.33. The molecule has 0 aliphatic heterocycles. The molecule has 0 aliphatic rings. The molecule has 0 aromatic carbocycles. The number of carbonyl (C=O) groups excluding carboxylic acids is 2. The molecule has 1 heterocycles. The third kappa shape index (κ3) is 3.98. The van der Waals surface area contributed by atoms with Crippen molar-refractivity contribution in [1.82, 2.24) is 9.29 Å². The van der Waals surface area contributed by atoms with Crippen molar-refractivity contribution in [2.75, 3.05) is 13.6 Å². The number of amides is 2. The molecular formula is C10H14N4O4S. The Kier molecular flexibility index (Phi) is 5.37. The van der Waals surface area contributed by atoms with Crippen LogP contribution in [0.15, 0.2) is 21.2 Å². The summed E-state index contributed by atoms with van der Waals surface area (Å²) < 4.78 is 1.15. The van der Waals surface area contributed by atoms with Crippen molar-refractivity contribution in [3.8, 4) is 11.8 Å². The quantitative estimate of drug-likeness (QED) is 0.437. The van der Waals surface area contributed by atoms with Gasteiger partial charge in [0, 0.05) is 19.7 Å². The number of hydrogen-bond donors (Lipinski definition) is 3. The van der Waals surface area contributed by atoms with Gasteiger partial charge in [0.1, 0.15) is 0 Å². The van der Waals surface area contributed by atoms with Crippen LogP contribution in [0.3, 0.4) is 0 Å². The first-order valence-corrected chi connectivity index (χ1v) is 6.21. The minimum Gasteiger partial charge on any atom is -0.494 e. The van der Waals surface area contributed by atoms with Gasteiger partial charge in [0.2, 0.25) is 5.88 Å². The monoisotopic (exact) mass is 286 g/mol. The van der Waals surface area contributed by atoms with E-state index in [1.165, 1.54) is 13.1 Å². The fraction of sp³-hybridized carbons (Fsp3) is 0.400. The highest BCUT2D eigenvalue weighted by atomic mass is 32.2. The van der Waals surface area contributed by atoms with E-state index in [1.807, 2.05) is 6.92 Å². The summed E-state index contributed by atoms with van der Waals surface area (Å²) in [6.45, 7) is 2.13. The summed E-state index contributed by atoms with van der Waals surface area (Å²) in [7, 11) is 1.29. The fourth-order valence-electron chi connectivity index (χ4n) is 1.23. The molecule has 3 N–H and O–H groups in total. The van der Waals surface area contributed by atoms with Gasteiger partial charge < -0.3 is 10.2 Å². The Morgan fingerprint density at radius 3 is 2.63 bits per heavy atom. The number of H-pyrrole nitrogens is 1. The highest BCUT2D eigenvalue weighted by Gasteiger charge is 2.24. The minimum absolute atomic E-state index is 0.233. The molecule has 0 radical (unpaired) electrons. The number of nitrogens with one attached hydrogen (secondary N) is 1. The maximum Gasteiger partial charge on any atom is 0.354 e. The average Bonchev–Trinajstić information content (AvgIpc) is 2.66. The summed E-state index contributed by atoms with van der Waals surface area (Å²) in [6.07, 6.45) is 0.618. The zero-order valence-corrected chi connectivity index (χ0v) is 11.3. The second-order valence-electron chi connectivity index (χ2n) is 3.47. The van der Waals surface area contributed by atoms with Crippen molar-refractivity contribution in [3.05, 3.63) is 6.07 Å². The van der Waals surface area contributed by atoms with Gasteiger partial charge in [0.15, 0.2) is 5.88 Å². The number of carbonyl (C=O) groups is 2. The molecule has 9 heteroatoms. The molecule has 104 valence electrons. The van der Waals surface area contributed by atoms with Crippen LogP contribution in [0.25, 0.3) is 0 Å². The van der Waals surface area contributed by atoms with Crippen LogP contribution < -0.4 is 0 Å². The van der Waals surface area contributed by atoms with Crippen molar-refractivity contribution >= 4 is 23.8 Å². The number of nitrogens with zero attached hydrogens (tertiary/aromatic N) is 3. The van der Waals surface area contributed by atoms with Gasteiger partial charge in [-0.1, -0.05) is 6.92 Å². The topological polar surface area (TPSA) is 118 Å². The van der Waals surface area contributed by atoms with E-state index in [0.29, 0.717) is 13.0 Å². The number of aromatic hydroxyl groups is 2. The second kappa shape index (κ2) is 6.78. The summed E-state index contributed by atoms with van der Waals surface area (Å²) >= 11 is 0.843. The highest BCUT2D eigenvalue weighted by molar-refractivity contribution is 7.97. The predicted molar refractivity (Wildman–Crippen MR) is 67.8 cm³/mol. The molecule has 0 aliphatic carbocycles. The Morgan fingerprint density at radius 2 is 2.16 bits per heavy atom. The molecule has 0 fully saturated rings. The molecule has 0 bridgehead atoms. The molecule has 0 atom stereocenters. The first kappa shape index (κ1) is 15.0. The largest absolute Gasteiger partial charge is 0.494 e. The number of rotatable bonds is 4. The SMILES string of the molecule is CCCN(Sc1cc(O)[nH]c1O)C(=O)C(=O)N=NC. The molecule has 0 saturated carbocycles. The third-order valence-corrected chi connectivity index (χ3v) is 3.06. The Bertz CT molecular complexity index is 500. The molecule has 0 saturated heterocycles. The lowest BCUT2D eigenvalue weighted by atomic mass is 10.4. The van der Waals surface area contributed by atoms with Crippen LogP contribution in [-0.2, 0) is 9.59 Å². The lowest BCUT2D eigenvalue weighted by Crippen LogP contribution is -2.30. The number of aromatic nitrogens is 1. The average molecular weight is 286 g/mol. The van der Waals surface area contributed by atoms with E-state index in [9.17, 15) is 19.8 Å². The number of hydrogen-bond acceptors (Lipinski definition) is 6. The molecule has 19 heavy (non-hydrogen) atoms. The maximum absolute atomic E-state index is 11.8. The summed E-state index contributed by atoms with van der Waals surface area (Å²) in [5.41, 5.74) is 0.